The number of hydrogen-bond donors (Lipinski definition) is 1. The van der Waals surface area contributed by atoms with Gasteiger partial charge in [-0.2, -0.15) is 0 Å². The van der Waals surface area contributed by atoms with Gasteiger partial charge in [0.25, 0.3) is 0 Å². The van der Waals surface area contributed by atoms with Gasteiger partial charge in [-0.15, -0.1) is 0 Å². The highest BCUT2D eigenvalue weighted by Gasteiger charge is 2.11. The third-order valence-electron chi connectivity index (χ3n) is 3.76. The van der Waals surface area contributed by atoms with E-state index in [0.29, 0.717) is 6.54 Å². The third kappa shape index (κ3) is 3.76. The Kier molecular flexibility index (Phi) is 4.44. The molecule has 1 fully saturated rings. The minimum absolute atomic E-state index is 0.217. The monoisotopic (exact) mass is 348 g/mol. The highest BCUT2D eigenvalue weighted by atomic mass is 79.9. The number of hydrogen-bond acceptors (Lipinski definition) is 2. The van der Waals surface area contributed by atoms with E-state index >= 15 is 0 Å². The second-order valence-electron chi connectivity index (χ2n) is 5.37. The molecule has 110 valence electrons. The molecule has 1 heterocycles. The fourth-order valence-electron chi connectivity index (χ4n) is 2.68. The van der Waals surface area contributed by atoms with Crippen molar-refractivity contribution in [3.63, 3.8) is 0 Å². The van der Waals surface area contributed by atoms with Gasteiger partial charge in [-0.1, -0.05) is 15.9 Å². The fraction of sp³-hybridized carbons (Fsp3) is 0.294. The summed E-state index contributed by atoms with van der Waals surface area (Å²) in [4.78, 5) is 2.41. The molecule has 2 aromatic carbocycles. The Hall–Kier alpha value is -1.55. The summed E-state index contributed by atoms with van der Waals surface area (Å²) in [5, 5.41) is 3.33. The molecule has 1 saturated heterocycles. The van der Waals surface area contributed by atoms with Gasteiger partial charge in [0.15, 0.2) is 0 Å². The minimum Gasteiger partial charge on any atom is -0.381 e. The zero-order chi connectivity index (χ0) is 14.7. The molecule has 4 heteroatoms. The standard InChI is InChI=1S/C17H18BrFN2/c18-14-9-13(10-15(19)11-14)12-20-16-3-5-17(6-4-16)21-7-1-2-8-21/h3-6,9-11,20H,1-2,7-8,12H2. The van der Waals surface area contributed by atoms with Crippen LogP contribution in [0.25, 0.3) is 0 Å². The molecule has 3 rings (SSSR count). The normalized spacial score (nSPS) is 14.5. The molecule has 0 aromatic heterocycles. The van der Waals surface area contributed by atoms with Crippen LogP contribution in [0.15, 0.2) is 46.9 Å². The van der Waals surface area contributed by atoms with E-state index in [1.807, 2.05) is 6.07 Å². The average molecular weight is 349 g/mol. The van der Waals surface area contributed by atoms with Crippen molar-refractivity contribution >= 4 is 27.3 Å². The van der Waals surface area contributed by atoms with Gasteiger partial charge >= 0.3 is 0 Å². The van der Waals surface area contributed by atoms with Crippen LogP contribution in [0, 0.1) is 5.82 Å². The third-order valence-corrected chi connectivity index (χ3v) is 4.22. The van der Waals surface area contributed by atoms with Crippen molar-refractivity contribution in [1.82, 2.24) is 0 Å². The maximum atomic E-state index is 13.3. The molecule has 21 heavy (non-hydrogen) atoms. The lowest BCUT2D eigenvalue weighted by molar-refractivity contribution is 0.625. The van der Waals surface area contributed by atoms with Crippen LogP contribution in [0.1, 0.15) is 18.4 Å². The van der Waals surface area contributed by atoms with Crippen LogP contribution in [-0.2, 0) is 6.54 Å². The Balaban J connectivity index is 1.62. The molecule has 0 spiro atoms. The number of anilines is 2. The summed E-state index contributed by atoms with van der Waals surface area (Å²) in [6, 6.07) is 13.4. The first kappa shape index (κ1) is 14.4. The Morgan fingerprint density at radius 3 is 2.43 bits per heavy atom. The molecule has 1 aliphatic rings. The van der Waals surface area contributed by atoms with E-state index in [1.54, 1.807) is 6.07 Å². The average Bonchev–Trinajstić information content (AvgIpc) is 2.99. The second-order valence-corrected chi connectivity index (χ2v) is 6.29. The van der Waals surface area contributed by atoms with E-state index in [0.717, 1.165) is 28.8 Å². The number of rotatable bonds is 4. The largest absolute Gasteiger partial charge is 0.381 e. The van der Waals surface area contributed by atoms with Crippen molar-refractivity contribution < 1.29 is 4.39 Å². The molecular weight excluding hydrogens is 331 g/mol. The maximum Gasteiger partial charge on any atom is 0.124 e. The van der Waals surface area contributed by atoms with Gasteiger partial charge in [-0.3, -0.25) is 0 Å². The Labute approximate surface area is 133 Å². The van der Waals surface area contributed by atoms with Crippen LogP contribution in [0.3, 0.4) is 0 Å². The molecule has 0 unspecified atom stereocenters. The molecule has 0 amide bonds. The molecule has 2 nitrogen and oxygen atoms in total. The molecule has 2 aromatic rings. The summed E-state index contributed by atoms with van der Waals surface area (Å²) in [6.07, 6.45) is 2.57. The number of nitrogens with one attached hydrogen (secondary N) is 1. The van der Waals surface area contributed by atoms with E-state index < -0.39 is 0 Å². The SMILES string of the molecule is Fc1cc(Br)cc(CNc2ccc(N3CCCC3)cc2)c1. The predicted octanol–water partition coefficient (Wildman–Crippen LogP) is 4.80. The van der Waals surface area contributed by atoms with E-state index in [2.05, 4.69) is 50.4 Å². The van der Waals surface area contributed by atoms with Crippen LogP contribution in [0.2, 0.25) is 0 Å². The van der Waals surface area contributed by atoms with Crippen molar-refractivity contribution in [3.8, 4) is 0 Å². The molecular formula is C17H18BrFN2. The zero-order valence-electron chi connectivity index (χ0n) is 11.8. The van der Waals surface area contributed by atoms with Crippen LogP contribution in [0.4, 0.5) is 15.8 Å². The van der Waals surface area contributed by atoms with Gasteiger partial charge in [0.05, 0.1) is 0 Å². The van der Waals surface area contributed by atoms with Crippen molar-refractivity contribution in [2.45, 2.75) is 19.4 Å². The van der Waals surface area contributed by atoms with Crippen LogP contribution in [0.5, 0.6) is 0 Å². The Morgan fingerprint density at radius 2 is 1.76 bits per heavy atom. The first-order chi connectivity index (χ1) is 10.2. The van der Waals surface area contributed by atoms with Gasteiger partial charge in [-0.05, 0) is 60.9 Å². The first-order valence-corrected chi connectivity index (χ1v) is 8.04. The minimum atomic E-state index is -0.217. The van der Waals surface area contributed by atoms with Crippen molar-refractivity contribution in [1.29, 1.82) is 0 Å². The summed E-state index contributed by atoms with van der Waals surface area (Å²) in [5.74, 6) is -0.217. The van der Waals surface area contributed by atoms with E-state index in [4.69, 9.17) is 0 Å². The quantitative estimate of drug-likeness (QED) is 0.853. The van der Waals surface area contributed by atoms with Gasteiger partial charge in [0.1, 0.15) is 5.82 Å². The van der Waals surface area contributed by atoms with Gasteiger partial charge in [-0.25, -0.2) is 4.39 Å². The van der Waals surface area contributed by atoms with E-state index in [-0.39, 0.29) is 5.82 Å². The molecule has 0 saturated carbocycles. The fourth-order valence-corrected chi connectivity index (χ4v) is 3.20. The number of nitrogens with zero attached hydrogens (tertiary/aromatic N) is 1. The first-order valence-electron chi connectivity index (χ1n) is 7.24. The van der Waals surface area contributed by atoms with Gasteiger partial charge in [0.2, 0.25) is 0 Å². The highest BCUT2D eigenvalue weighted by molar-refractivity contribution is 9.10. The lowest BCUT2D eigenvalue weighted by Crippen LogP contribution is -2.17. The summed E-state index contributed by atoms with van der Waals surface area (Å²) in [7, 11) is 0. The number of halogens is 2. The predicted molar refractivity (Wildman–Crippen MR) is 89.3 cm³/mol. The van der Waals surface area contributed by atoms with Gasteiger partial charge in [0, 0.05) is 35.5 Å². The smallest absolute Gasteiger partial charge is 0.124 e. The summed E-state index contributed by atoms with van der Waals surface area (Å²) in [6.45, 7) is 2.92. The topological polar surface area (TPSA) is 15.3 Å². The summed E-state index contributed by atoms with van der Waals surface area (Å²) in [5.41, 5.74) is 3.26. The summed E-state index contributed by atoms with van der Waals surface area (Å²) < 4.78 is 14.1. The zero-order valence-corrected chi connectivity index (χ0v) is 13.4. The summed E-state index contributed by atoms with van der Waals surface area (Å²) >= 11 is 3.31. The van der Waals surface area contributed by atoms with Crippen LogP contribution >= 0.6 is 15.9 Å². The number of benzene rings is 2. The molecule has 1 aliphatic heterocycles. The van der Waals surface area contributed by atoms with Gasteiger partial charge < -0.3 is 10.2 Å². The lowest BCUT2D eigenvalue weighted by Gasteiger charge is -2.18. The molecule has 1 N–H and O–H groups in total. The van der Waals surface area contributed by atoms with Crippen molar-refractivity contribution in [2.75, 3.05) is 23.3 Å². The Morgan fingerprint density at radius 1 is 1.05 bits per heavy atom. The Bertz CT molecular complexity index is 586. The van der Waals surface area contributed by atoms with Crippen LogP contribution < -0.4 is 10.2 Å². The van der Waals surface area contributed by atoms with E-state index in [1.165, 1.54) is 24.6 Å². The molecule has 0 radical (unpaired) electrons. The van der Waals surface area contributed by atoms with E-state index in [9.17, 15) is 4.39 Å². The molecule has 0 bridgehead atoms. The molecule has 0 atom stereocenters. The molecule has 0 aliphatic carbocycles. The maximum absolute atomic E-state index is 13.3. The highest BCUT2D eigenvalue weighted by Crippen LogP contribution is 2.22. The lowest BCUT2D eigenvalue weighted by atomic mass is 10.2. The van der Waals surface area contributed by atoms with Crippen molar-refractivity contribution in [2.24, 2.45) is 0 Å². The second kappa shape index (κ2) is 6.48. The van der Waals surface area contributed by atoms with Crippen molar-refractivity contribution in [3.05, 3.63) is 58.3 Å². The van der Waals surface area contributed by atoms with Crippen LogP contribution in [-0.4, -0.2) is 13.1 Å².